The first kappa shape index (κ1) is 17.5. The summed E-state index contributed by atoms with van der Waals surface area (Å²) in [6, 6.07) is 8.14. The number of aryl methyl sites for hydroxylation is 2. The summed E-state index contributed by atoms with van der Waals surface area (Å²) in [6.07, 6.45) is 0.118. The fourth-order valence-corrected chi connectivity index (χ4v) is 2.49. The normalized spacial score (nSPS) is 11.8. The maximum absolute atomic E-state index is 12.5. The Labute approximate surface area is 140 Å². The minimum atomic E-state index is -0.662. The Hall–Kier alpha value is -2.83. The monoisotopic (exact) mass is 330 g/mol. The largest absolute Gasteiger partial charge is 0.361 e. The molecule has 1 aromatic heterocycles. The fraction of sp³-hybridized carbons (Fsp3) is 0.353. The summed E-state index contributed by atoms with van der Waals surface area (Å²) in [5, 5.41) is 6.51. The van der Waals surface area contributed by atoms with Crippen LogP contribution in [0, 0.1) is 13.8 Å². The minimum absolute atomic E-state index is 0.113. The van der Waals surface area contributed by atoms with Crippen molar-refractivity contribution in [2.24, 2.45) is 5.73 Å². The molecule has 1 atom stereocenters. The lowest BCUT2D eigenvalue weighted by Gasteiger charge is -2.22. The van der Waals surface area contributed by atoms with E-state index in [1.165, 1.54) is 0 Å². The number of carbonyl (C=O) groups is 2. The van der Waals surface area contributed by atoms with Crippen LogP contribution in [-0.2, 0) is 11.3 Å². The van der Waals surface area contributed by atoms with Crippen molar-refractivity contribution in [1.82, 2.24) is 15.4 Å². The van der Waals surface area contributed by atoms with E-state index in [9.17, 15) is 9.59 Å². The standard InChI is InChI=1S/C17H22N4O3/c1-11-14(12(2)24-20-11)10-21(3)16(22)9-15(19-17(18)23)13-7-5-4-6-8-13/h4-8,15H,9-10H2,1-3H3,(H3,18,19,23). The molecular weight excluding hydrogens is 308 g/mol. The molecule has 0 saturated heterocycles. The van der Waals surface area contributed by atoms with Crippen LogP contribution in [0.15, 0.2) is 34.9 Å². The second-order valence-electron chi connectivity index (χ2n) is 5.73. The Morgan fingerprint density at radius 3 is 2.50 bits per heavy atom. The molecule has 3 N–H and O–H groups in total. The van der Waals surface area contributed by atoms with Gasteiger partial charge in [0.1, 0.15) is 5.76 Å². The summed E-state index contributed by atoms with van der Waals surface area (Å²) in [5.41, 5.74) is 7.72. The zero-order chi connectivity index (χ0) is 17.7. The Morgan fingerprint density at radius 1 is 1.29 bits per heavy atom. The fourth-order valence-electron chi connectivity index (χ4n) is 2.49. The number of aromatic nitrogens is 1. The van der Waals surface area contributed by atoms with E-state index in [1.54, 1.807) is 11.9 Å². The van der Waals surface area contributed by atoms with E-state index in [-0.39, 0.29) is 12.3 Å². The van der Waals surface area contributed by atoms with Gasteiger partial charge < -0.3 is 20.5 Å². The quantitative estimate of drug-likeness (QED) is 0.846. The van der Waals surface area contributed by atoms with Gasteiger partial charge in [-0.1, -0.05) is 35.5 Å². The molecule has 128 valence electrons. The lowest BCUT2D eigenvalue weighted by atomic mass is 10.0. The Kier molecular flexibility index (Phi) is 5.57. The second kappa shape index (κ2) is 7.63. The van der Waals surface area contributed by atoms with E-state index in [2.05, 4.69) is 10.5 Å². The number of hydrogen-bond acceptors (Lipinski definition) is 4. The van der Waals surface area contributed by atoms with Gasteiger partial charge in [0.2, 0.25) is 5.91 Å². The SMILES string of the molecule is Cc1noc(C)c1CN(C)C(=O)CC(NC(N)=O)c1ccccc1. The van der Waals surface area contributed by atoms with Crippen molar-refractivity contribution in [3.63, 3.8) is 0 Å². The summed E-state index contributed by atoms with van der Waals surface area (Å²) in [4.78, 5) is 25.4. The number of carbonyl (C=O) groups excluding carboxylic acids is 2. The first-order valence-electron chi connectivity index (χ1n) is 7.65. The van der Waals surface area contributed by atoms with E-state index in [0.717, 1.165) is 16.8 Å². The van der Waals surface area contributed by atoms with Gasteiger partial charge in [0.15, 0.2) is 0 Å². The summed E-state index contributed by atoms with van der Waals surface area (Å²) in [5.74, 6) is 0.583. The number of benzene rings is 1. The molecule has 0 spiro atoms. The van der Waals surface area contributed by atoms with Crippen molar-refractivity contribution in [1.29, 1.82) is 0 Å². The smallest absolute Gasteiger partial charge is 0.312 e. The van der Waals surface area contributed by atoms with Gasteiger partial charge in [-0.15, -0.1) is 0 Å². The van der Waals surface area contributed by atoms with Gasteiger partial charge in [-0.3, -0.25) is 4.79 Å². The maximum atomic E-state index is 12.5. The second-order valence-corrected chi connectivity index (χ2v) is 5.73. The Balaban J connectivity index is 2.08. The van der Waals surface area contributed by atoms with Crippen LogP contribution in [0.2, 0.25) is 0 Å². The van der Waals surface area contributed by atoms with Crippen LogP contribution in [0.5, 0.6) is 0 Å². The first-order chi connectivity index (χ1) is 11.4. The van der Waals surface area contributed by atoms with Crippen LogP contribution < -0.4 is 11.1 Å². The van der Waals surface area contributed by atoms with Crippen molar-refractivity contribution >= 4 is 11.9 Å². The van der Waals surface area contributed by atoms with Gasteiger partial charge in [-0.25, -0.2) is 4.79 Å². The summed E-state index contributed by atoms with van der Waals surface area (Å²) >= 11 is 0. The third kappa shape index (κ3) is 4.34. The number of nitrogens with two attached hydrogens (primary N) is 1. The van der Waals surface area contributed by atoms with Crippen LogP contribution in [0.3, 0.4) is 0 Å². The highest BCUT2D eigenvalue weighted by atomic mass is 16.5. The average Bonchev–Trinajstić information content (AvgIpc) is 2.86. The van der Waals surface area contributed by atoms with E-state index < -0.39 is 12.1 Å². The lowest BCUT2D eigenvalue weighted by Crippen LogP contribution is -2.37. The third-order valence-corrected chi connectivity index (χ3v) is 3.90. The third-order valence-electron chi connectivity index (χ3n) is 3.90. The van der Waals surface area contributed by atoms with Crippen molar-refractivity contribution in [2.45, 2.75) is 32.9 Å². The molecule has 24 heavy (non-hydrogen) atoms. The zero-order valence-corrected chi connectivity index (χ0v) is 14.1. The van der Waals surface area contributed by atoms with Gasteiger partial charge in [0.25, 0.3) is 0 Å². The molecule has 1 unspecified atom stereocenters. The van der Waals surface area contributed by atoms with Gasteiger partial charge >= 0.3 is 6.03 Å². The lowest BCUT2D eigenvalue weighted by molar-refractivity contribution is -0.130. The number of primary amides is 1. The van der Waals surface area contributed by atoms with Gasteiger partial charge in [-0.05, 0) is 19.4 Å². The molecule has 0 saturated carbocycles. The van der Waals surface area contributed by atoms with E-state index in [4.69, 9.17) is 10.3 Å². The van der Waals surface area contributed by atoms with Gasteiger partial charge in [-0.2, -0.15) is 0 Å². The predicted octanol–water partition coefficient (Wildman–Crippen LogP) is 2.05. The highest BCUT2D eigenvalue weighted by Gasteiger charge is 2.21. The van der Waals surface area contributed by atoms with Crippen molar-refractivity contribution in [2.75, 3.05) is 7.05 Å². The Bertz CT molecular complexity index is 692. The van der Waals surface area contributed by atoms with Crippen LogP contribution in [0.4, 0.5) is 4.79 Å². The molecule has 1 aromatic carbocycles. The van der Waals surface area contributed by atoms with E-state index in [1.807, 2.05) is 44.2 Å². The molecule has 0 fully saturated rings. The number of nitrogens with one attached hydrogen (secondary N) is 1. The van der Waals surface area contributed by atoms with Crippen molar-refractivity contribution in [3.8, 4) is 0 Å². The van der Waals surface area contributed by atoms with Crippen LogP contribution in [0.25, 0.3) is 0 Å². The topological polar surface area (TPSA) is 101 Å². The molecule has 2 aromatic rings. The molecule has 0 aliphatic rings. The molecule has 0 aliphatic carbocycles. The van der Waals surface area contributed by atoms with Gasteiger partial charge in [0, 0.05) is 12.6 Å². The van der Waals surface area contributed by atoms with Gasteiger partial charge in [0.05, 0.1) is 24.7 Å². The molecule has 1 heterocycles. The number of nitrogens with zero attached hydrogens (tertiary/aromatic N) is 2. The Morgan fingerprint density at radius 2 is 1.96 bits per heavy atom. The van der Waals surface area contributed by atoms with E-state index >= 15 is 0 Å². The van der Waals surface area contributed by atoms with Crippen LogP contribution in [0.1, 0.15) is 35.0 Å². The number of rotatable bonds is 6. The van der Waals surface area contributed by atoms with Crippen LogP contribution >= 0.6 is 0 Å². The van der Waals surface area contributed by atoms with Crippen molar-refractivity contribution in [3.05, 3.63) is 52.9 Å². The summed E-state index contributed by atoms with van der Waals surface area (Å²) in [7, 11) is 1.71. The van der Waals surface area contributed by atoms with Crippen molar-refractivity contribution < 1.29 is 14.1 Å². The highest BCUT2D eigenvalue weighted by Crippen LogP contribution is 2.19. The molecule has 7 nitrogen and oxygen atoms in total. The zero-order valence-electron chi connectivity index (χ0n) is 14.1. The molecule has 7 heteroatoms. The summed E-state index contributed by atoms with van der Waals surface area (Å²) < 4.78 is 5.12. The summed E-state index contributed by atoms with van der Waals surface area (Å²) in [6.45, 7) is 4.05. The molecular formula is C17H22N4O3. The molecule has 0 bridgehead atoms. The molecule has 0 aliphatic heterocycles. The maximum Gasteiger partial charge on any atom is 0.312 e. The number of amides is 3. The molecule has 0 radical (unpaired) electrons. The first-order valence-corrected chi connectivity index (χ1v) is 7.65. The molecule has 2 rings (SSSR count). The minimum Gasteiger partial charge on any atom is -0.361 e. The van der Waals surface area contributed by atoms with E-state index in [0.29, 0.717) is 12.3 Å². The number of hydrogen-bond donors (Lipinski definition) is 2. The predicted molar refractivity (Wildman–Crippen MR) is 89.0 cm³/mol. The van der Waals surface area contributed by atoms with Crippen LogP contribution in [-0.4, -0.2) is 29.0 Å². The number of urea groups is 1. The highest BCUT2D eigenvalue weighted by molar-refractivity contribution is 5.78. The molecule has 3 amide bonds. The average molecular weight is 330 g/mol.